The molecule has 3 heterocycles. The second-order valence-corrected chi connectivity index (χ2v) is 5.46. The standard InChI is InChI=1S/C14H14BrFN4/c15-11-3-2-6-17-14(11)20-9-7-19(8-10-20)13-5-1-4-12(16)18-13/h1-6H,7-10H2. The van der Waals surface area contributed by atoms with Crippen molar-refractivity contribution in [3.63, 3.8) is 0 Å². The van der Waals surface area contributed by atoms with Gasteiger partial charge in [-0.05, 0) is 40.2 Å². The summed E-state index contributed by atoms with van der Waals surface area (Å²) in [5.41, 5.74) is 0. The molecule has 0 amide bonds. The van der Waals surface area contributed by atoms with E-state index in [0.717, 1.165) is 36.5 Å². The fourth-order valence-electron chi connectivity index (χ4n) is 2.33. The number of anilines is 2. The number of aromatic nitrogens is 2. The second kappa shape index (κ2) is 5.75. The van der Waals surface area contributed by atoms with Crippen LogP contribution in [0.15, 0.2) is 41.0 Å². The Kier molecular flexibility index (Phi) is 3.82. The van der Waals surface area contributed by atoms with Crippen LogP contribution in [0.25, 0.3) is 0 Å². The molecule has 20 heavy (non-hydrogen) atoms. The zero-order valence-electron chi connectivity index (χ0n) is 10.8. The van der Waals surface area contributed by atoms with Crippen LogP contribution < -0.4 is 9.80 Å². The Morgan fingerprint density at radius 3 is 2.45 bits per heavy atom. The Hall–Kier alpha value is -1.69. The van der Waals surface area contributed by atoms with E-state index < -0.39 is 5.95 Å². The Morgan fingerprint density at radius 1 is 1.00 bits per heavy atom. The molecule has 1 saturated heterocycles. The summed E-state index contributed by atoms with van der Waals surface area (Å²) < 4.78 is 14.1. The molecular formula is C14H14BrFN4. The van der Waals surface area contributed by atoms with Crippen LogP contribution in [0.5, 0.6) is 0 Å². The van der Waals surface area contributed by atoms with Crippen LogP contribution in [-0.4, -0.2) is 36.1 Å². The minimum Gasteiger partial charge on any atom is -0.353 e. The maximum Gasteiger partial charge on any atom is 0.214 e. The van der Waals surface area contributed by atoms with E-state index in [1.807, 2.05) is 18.2 Å². The van der Waals surface area contributed by atoms with Crippen molar-refractivity contribution in [2.75, 3.05) is 36.0 Å². The minimum absolute atomic E-state index is 0.433. The van der Waals surface area contributed by atoms with Gasteiger partial charge in [-0.25, -0.2) is 9.97 Å². The van der Waals surface area contributed by atoms with Gasteiger partial charge in [-0.1, -0.05) is 6.07 Å². The normalized spacial score (nSPS) is 15.5. The zero-order chi connectivity index (χ0) is 13.9. The lowest BCUT2D eigenvalue weighted by atomic mass is 10.3. The van der Waals surface area contributed by atoms with E-state index in [4.69, 9.17) is 0 Å². The molecule has 1 aliphatic heterocycles. The largest absolute Gasteiger partial charge is 0.353 e. The Bertz CT molecular complexity index is 599. The summed E-state index contributed by atoms with van der Waals surface area (Å²) in [6.07, 6.45) is 1.79. The Labute approximate surface area is 125 Å². The van der Waals surface area contributed by atoms with E-state index in [1.54, 1.807) is 12.3 Å². The van der Waals surface area contributed by atoms with Crippen LogP contribution in [0.2, 0.25) is 0 Å². The highest BCUT2D eigenvalue weighted by molar-refractivity contribution is 9.10. The molecule has 0 N–H and O–H groups in total. The van der Waals surface area contributed by atoms with E-state index in [1.165, 1.54) is 6.07 Å². The van der Waals surface area contributed by atoms with Crippen molar-refractivity contribution in [2.45, 2.75) is 0 Å². The molecular weight excluding hydrogens is 323 g/mol. The van der Waals surface area contributed by atoms with Gasteiger partial charge in [0, 0.05) is 32.4 Å². The Balaban J connectivity index is 1.70. The van der Waals surface area contributed by atoms with Crippen LogP contribution in [0, 0.1) is 5.95 Å². The molecule has 3 rings (SSSR count). The lowest BCUT2D eigenvalue weighted by Gasteiger charge is -2.36. The van der Waals surface area contributed by atoms with Crippen molar-refractivity contribution in [3.05, 3.63) is 46.9 Å². The van der Waals surface area contributed by atoms with Crippen molar-refractivity contribution in [2.24, 2.45) is 0 Å². The SMILES string of the molecule is Fc1cccc(N2CCN(c3ncccc3Br)CC2)n1. The van der Waals surface area contributed by atoms with Gasteiger partial charge in [0.25, 0.3) is 0 Å². The third-order valence-electron chi connectivity index (χ3n) is 3.34. The van der Waals surface area contributed by atoms with E-state index >= 15 is 0 Å². The van der Waals surface area contributed by atoms with Crippen LogP contribution in [0.3, 0.4) is 0 Å². The van der Waals surface area contributed by atoms with Crippen LogP contribution in [0.4, 0.5) is 16.0 Å². The maximum absolute atomic E-state index is 13.2. The van der Waals surface area contributed by atoms with Crippen LogP contribution >= 0.6 is 15.9 Å². The molecule has 2 aromatic rings. The van der Waals surface area contributed by atoms with Crippen molar-refractivity contribution in [1.82, 2.24) is 9.97 Å². The molecule has 0 aromatic carbocycles. The average Bonchev–Trinajstić information content (AvgIpc) is 2.48. The third-order valence-corrected chi connectivity index (χ3v) is 3.96. The van der Waals surface area contributed by atoms with Gasteiger partial charge in [0.05, 0.1) is 4.47 Å². The quantitative estimate of drug-likeness (QED) is 0.789. The number of nitrogens with zero attached hydrogens (tertiary/aromatic N) is 4. The van der Waals surface area contributed by atoms with Gasteiger partial charge in [0.2, 0.25) is 5.95 Å². The first kappa shape index (κ1) is 13.3. The zero-order valence-corrected chi connectivity index (χ0v) is 12.4. The van der Waals surface area contributed by atoms with Gasteiger partial charge in [-0.3, -0.25) is 0 Å². The number of hydrogen-bond acceptors (Lipinski definition) is 4. The van der Waals surface area contributed by atoms with Crippen molar-refractivity contribution in [3.8, 4) is 0 Å². The van der Waals surface area contributed by atoms with Crippen molar-refractivity contribution >= 4 is 27.6 Å². The third kappa shape index (κ3) is 2.75. The lowest BCUT2D eigenvalue weighted by molar-refractivity contribution is 0.574. The van der Waals surface area contributed by atoms with E-state index in [-0.39, 0.29) is 0 Å². The number of pyridine rings is 2. The van der Waals surface area contributed by atoms with E-state index in [2.05, 4.69) is 35.7 Å². The molecule has 1 fully saturated rings. The first-order valence-electron chi connectivity index (χ1n) is 6.47. The van der Waals surface area contributed by atoms with Crippen molar-refractivity contribution in [1.29, 1.82) is 0 Å². The summed E-state index contributed by atoms with van der Waals surface area (Å²) in [4.78, 5) is 12.6. The van der Waals surface area contributed by atoms with Gasteiger partial charge >= 0.3 is 0 Å². The smallest absolute Gasteiger partial charge is 0.214 e. The molecule has 0 spiro atoms. The second-order valence-electron chi connectivity index (χ2n) is 4.60. The van der Waals surface area contributed by atoms with Gasteiger partial charge in [0.1, 0.15) is 11.6 Å². The first-order chi connectivity index (χ1) is 9.74. The molecule has 0 aliphatic carbocycles. The number of piperazine rings is 1. The molecule has 2 aromatic heterocycles. The fourth-order valence-corrected chi connectivity index (χ4v) is 2.84. The molecule has 104 valence electrons. The highest BCUT2D eigenvalue weighted by Crippen LogP contribution is 2.24. The van der Waals surface area contributed by atoms with Gasteiger partial charge in [-0.2, -0.15) is 4.39 Å². The van der Waals surface area contributed by atoms with Gasteiger partial charge in [0.15, 0.2) is 0 Å². The van der Waals surface area contributed by atoms with Crippen molar-refractivity contribution < 1.29 is 4.39 Å². The minimum atomic E-state index is -0.433. The van der Waals surface area contributed by atoms with E-state index in [9.17, 15) is 4.39 Å². The number of halogens is 2. The predicted molar refractivity (Wildman–Crippen MR) is 80.6 cm³/mol. The van der Waals surface area contributed by atoms with Gasteiger partial charge in [-0.15, -0.1) is 0 Å². The summed E-state index contributed by atoms with van der Waals surface area (Å²) in [6, 6.07) is 8.79. The first-order valence-corrected chi connectivity index (χ1v) is 7.26. The topological polar surface area (TPSA) is 32.3 Å². The molecule has 0 bridgehead atoms. The number of hydrogen-bond donors (Lipinski definition) is 0. The monoisotopic (exact) mass is 336 g/mol. The summed E-state index contributed by atoms with van der Waals surface area (Å²) >= 11 is 3.52. The van der Waals surface area contributed by atoms with Gasteiger partial charge < -0.3 is 9.80 Å². The number of rotatable bonds is 2. The summed E-state index contributed by atoms with van der Waals surface area (Å²) in [5.74, 6) is 1.22. The summed E-state index contributed by atoms with van der Waals surface area (Å²) in [6.45, 7) is 3.29. The molecule has 0 unspecified atom stereocenters. The Morgan fingerprint density at radius 2 is 1.75 bits per heavy atom. The maximum atomic E-state index is 13.2. The molecule has 4 nitrogen and oxygen atoms in total. The molecule has 1 aliphatic rings. The predicted octanol–water partition coefficient (Wildman–Crippen LogP) is 2.70. The molecule has 6 heteroatoms. The van der Waals surface area contributed by atoms with E-state index in [0.29, 0.717) is 5.82 Å². The van der Waals surface area contributed by atoms with Crippen LogP contribution in [-0.2, 0) is 0 Å². The summed E-state index contributed by atoms with van der Waals surface area (Å²) in [7, 11) is 0. The highest BCUT2D eigenvalue weighted by atomic mass is 79.9. The molecule has 0 saturated carbocycles. The molecule has 0 radical (unpaired) electrons. The summed E-state index contributed by atoms with van der Waals surface area (Å²) in [5, 5.41) is 0. The lowest BCUT2D eigenvalue weighted by Crippen LogP contribution is -2.47. The highest BCUT2D eigenvalue weighted by Gasteiger charge is 2.20. The average molecular weight is 337 g/mol. The fraction of sp³-hybridized carbons (Fsp3) is 0.286. The molecule has 0 atom stereocenters. The van der Waals surface area contributed by atoms with Crippen LogP contribution in [0.1, 0.15) is 0 Å².